The van der Waals surface area contributed by atoms with Crippen LogP contribution in [0.2, 0.25) is 5.02 Å². The predicted octanol–water partition coefficient (Wildman–Crippen LogP) is 3.25. The smallest absolute Gasteiger partial charge is 0.148 e. The molecule has 0 spiro atoms. The number of benzene rings is 1. The van der Waals surface area contributed by atoms with E-state index in [4.69, 9.17) is 11.6 Å². The van der Waals surface area contributed by atoms with Crippen LogP contribution < -0.4 is 5.32 Å². The van der Waals surface area contributed by atoms with Crippen molar-refractivity contribution in [2.75, 3.05) is 5.32 Å². The van der Waals surface area contributed by atoms with Crippen molar-refractivity contribution in [2.24, 2.45) is 7.05 Å². The van der Waals surface area contributed by atoms with Gasteiger partial charge in [0.2, 0.25) is 0 Å². The highest BCUT2D eigenvalue weighted by molar-refractivity contribution is 6.30. The second kappa shape index (κ2) is 4.58. The van der Waals surface area contributed by atoms with Crippen LogP contribution in [0.25, 0.3) is 0 Å². The van der Waals surface area contributed by atoms with Crippen LogP contribution in [0.1, 0.15) is 18.5 Å². The van der Waals surface area contributed by atoms with Crippen LogP contribution in [0.15, 0.2) is 36.5 Å². The fraction of sp³-hybridized carbons (Fsp3) is 0.250. The van der Waals surface area contributed by atoms with E-state index in [2.05, 4.69) is 17.3 Å². The molecule has 1 atom stereocenters. The molecule has 4 heteroatoms. The second-order valence-electron chi connectivity index (χ2n) is 3.79. The topological polar surface area (TPSA) is 29.9 Å². The van der Waals surface area contributed by atoms with Crippen LogP contribution in [-0.2, 0) is 7.05 Å². The second-order valence-corrected chi connectivity index (χ2v) is 4.23. The summed E-state index contributed by atoms with van der Waals surface area (Å²) >= 11 is 5.84. The largest absolute Gasteiger partial charge is 0.362 e. The normalized spacial score (nSPS) is 12.4. The lowest BCUT2D eigenvalue weighted by Crippen LogP contribution is -2.07. The summed E-state index contributed by atoms with van der Waals surface area (Å²) < 4.78 is 1.77. The molecule has 2 rings (SSSR count). The van der Waals surface area contributed by atoms with Crippen LogP contribution in [0, 0.1) is 0 Å². The van der Waals surface area contributed by atoms with E-state index >= 15 is 0 Å². The third-order valence-corrected chi connectivity index (χ3v) is 2.70. The third-order valence-electron chi connectivity index (χ3n) is 2.45. The van der Waals surface area contributed by atoms with Crippen LogP contribution in [0.5, 0.6) is 0 Å². The Labute approximate surface area is 100 Å². The van der Waals surface area contributed by atoms with E-state index in [-0.39, 0.29) is 6.04 Å². The summed E-state index contributed by atoms with van der Waals surface area (Å²) in [6, 6.07) is 9.99. The summed E-state index contributed by atoms with van der Waals surface area (Å²) in [4.78, 5) is 0. The molecule has 84 valence electrons. The highest BCUT2D eigenvalue weighted by atomic mass is 35.5. The minimum absolute atomic E-state index is 0.215. The van der Waals surface area contributed by atoms with Crippen molar-refractivity contribution in [3.05, 3.63) is 47.1 Å². The predicted molar refractivity (Wildman–Crippen MR) is 66.7 cm³/mol. The van der Waals surface area contributed by atoms with E-state index in [1.807, 2.05) is 43.6 Å². The lowest BCUT2D eigenvalue weighted by atomic mass is 10.1. The maximum absolute atomic E-state index is 5.84. The molecule has 0 bridgehead atoms. The van der Waals surface area contributed by atoms with E-state index in [9.17, 15) is 0 Å². The molecule has 0 amide bonds. The molecule has 3 nitrogen and oxygen atoms in total. The Morgan fingerprint density at radius 1 is 1.25 bits per heavy atom. The molecular formula is C12H14ClN3. The van der Waals surface area contributed by atoms with Gasteiger partial charge in [-0.15, -0.1) is 0 Å². The first-order chi connectivity index (χ1) is 7.65. The zero-order valence-corrected chi connectivity index (χ0v) is 10.1. The molecule has 0 saturated carbocycles. The fourth-order valence-electron chi connectivity index (χ4n) is 1.55. The van der Waals surface area contributed by atoms with Gasteiger partial charge in [0, 0.05) is 30.4 Å². The van der Waals surface area contributed by atoms with Gasteiger partial charge >= 0.3 is 0 Å². The summed E-state index contributed by atoms with van der Waals surface area (Å²) in [7, 11) is 1.90. The molecule has 0 aliphatic rings. The van der Waals surface area contributed by atoms with Crippen LogP contribution in [0.3, 0.4) is 0 Å². The first-order valence-electron chi connectivity index (χ1n) is 5.17. The number of hydrogen-bond donors (Lipinski definition) is 1. The molecule has 0 aliphatic heterocycles. The fourth-order valence-corrected chi connectivity index (χ4v) is 1.67. The number of hydrogen-bond acceptors (Lipinski definition) is 2. The lowest BCUT2D eigenvalue weighted by Gasteiger charge is -2.13. The summed E-state index contributed by atoms with van der Waals surface area (Å²) in [5.41, 5.74) is 1.19. The molecule has 1 N–H and O–H groups in total. The number of nitrogens with one attached hydrogen (secondary N) is 1. The molecule has 16 heavy (non-hydrogen) atoms. The highest BCUT2D eigenvalue weighted by Gasteiger charge is 2.06. The monoisotopic (exact) mass is 235 g/mol. The van der Waals surface area contributed by atoms with Crippen molar-refractivity contribution in [3.63, 3.8) is 0 Å². The highest BCUT2D eigenvalue weighted by Crippen LogP contribution is 2.19. The minimum atomic E-state index is 0.215. The van der Waals surface area contributed by atoms with Crippen molar-refractivity contribution in [1.29, 1.82) is 0 Å². The number of anilines is 1. The van der Waals surface area contributed by atoms with Gasteiger partial charge in [-0.3, -0.25) is 4.68 Å². The number of nitrogens with zero attached hydrogens (tertiary/aromatic N) is 2. The quantitative estimate of drug-likeness (QED) is 0.885. The Hall–Kier alpha value is -1.48. The molecule has 1 heterocycles. The van der Waals surface area contributed by atoms with Crippen LogP contribution in [0.4, 0.5) is 5.82 Å². The van der Waals surface area contributed by atoms with E-state index in [0.717, 1.165) is 10.8 Å². The average molecular weight is 236 g/mol. The SMILES string of the molecule is CC(Nc1ccn(C)n1)c1ccc(Cl)cc1. The van der Waals surface area contributed by atoms with Gasteiger partial charge in [0.05, 0.1) is 0 Å². The molecule has 0 saturated heterocycles. The molecule has 0 radical (unpaired) electrons. The van der Waals surface area contributed by atoms with E-state index < -0.39 is 0 Å². The van der Waals surface area contributed by atoms with Gasteiger partial charge in [0.15, 0.2) is 0 Å². The van der Waals surface area contributed by atoms with Gasteiger partial charge in [-0.05, 0) is 24.6 Å². The summed E-state index contributed by atoms with van der Waals surface area (Å²) in [6.45, 7) is 2.10. The molecule has 1 unspecified atom stereocenters. The number of halogens is 1. The van der Waals surface area contributed by atoms with Gasteiger partial charge in [0.25, 0.3) is 0 Å². The standard InChI is InChI=1S/C12H14ClN3/c1-9(10-3-5-11(13)6-4-10)14-12-7-8-16(2)15-12/h3-9H,1-2H3,(H,14,15). The van der Waals surface area contributed by atoms with E-state index in [0.29, 0.717) is 0 Å². The van der Waals surface area contributed by atoms with Gasteiger partial charge < -0.3 is 5.32 Å². The maximum atomic E-state index is 5.84. The van der Waals surface area contributed by atoms with Crippen LogP contribution >= 0.6 is 11.6 Å². The molecular weight excluding hydrogens is 222 g/mol. The molecule has 1 aromatic heterocycles. The zero-order valence-electron chi connectivity index (χ0n) is 9.31. The Kier molecular flexibility index (Phi) is 3.15. The average Bonchev–Trinajstić information content (AvgIpc) is 2.65. The van der Waals surface area contributed by atoms with Crippen LogP contribution in [-0.4, -0.2) is 9.78 Å². The molecule has 1 aromatic carbocycles. The number of rotatable bonds is 3. The summed E-state index contributed by atoms with van der Waals surface area (Å²) in [5.74, 6) is 0.880. The van der Waals surface area contributed by atoms with Crippen molar-refractivity contribution in [1.82, 2.24) is 9.78 Å². The summed E-state index contributed by atoms with van der Waals surface area (Å²) in [5, 5.41) is 8.35. The lowest BCUT2D eigenvalue weighted by molar-refractivity contribution is 0.760. The Morgan fingerprint density at radius 3 is 2.50 bits per heavy atom. The summed E-state index contributed by atoms with van der Waals surface area (Å²) in [6.07, 6.45) is 1.91. The van der Waals surface area contributed by atoms with Crippen molar-refractivity contribution < 1.29 is 0 Å². The minimum Gasteiger partial charge on any atom is -0.362 e. The molecule has 2 aromatic rings. The van der Waals surface area contributed by atoms with Crippen molar-refractivity contribution >= 4 is 17.4 Å². The third kappa shape index (κ3) is 2.55. The van der Waals surface area contributed by atoms with E-state index in [1.54, 1.807) is 4.68 Å². The Morgan fingerprint density at radius 2 is 1.94 bits per heavy atom. The number of aromatic nitrogens is 2. The van der Waals surface area contributed by atoms with Gasteiger partial charge in [-0.2, -0.15) is 5.10 Å². The first kappa shape index (κ1) is 11.0. The first-order valence-corrected chi connectivity index (χ1v) is 5.54. The molecule has 0 aliphatic carbocycles. The van der Waals surface area contributed by atoms with Gasteiger partial charge in [0.1, 0.15) is 5.82 Å². The zero-order chi connectivity index (χ0) is 11.5. The van der Waals surface area contributed by atoms with Gasteiger partial charge in [-0.1, -0.05) is 23.7 Å². The van der Waals surface area contributed by atoms with Crippen molar-refractivity contribution in [2.45, 2.75) is 13.0 Å². The molecule has 0 fully saturated rings. The maximum Gasteiger partial charge on any atom is 0.148 e. The van der Waals surface area contributed by atoms with Crippen molar-refractivity contribution in [3.8, 4) is 0 Å². The Balaban J connectivity index is 2.08. The van der Waals surface area contributed by atoms with Gasteiger partial charge in [-0.25, -0.2) is 0 Å². The van der Waals surface area contributed by atoms with E-state index in [1.165, 1.54) is 5.56 Å². The Bertz CT molecular complexity index is 461. The number of aryl methyl sites for hydroxylation is 1.